The number of carbonyl (C=O) groups is 1. The van der Waals surface area contributed by atoms with Crippen molar-refractivity contribution in [2.24, 2.45) is 0 Å². The zero-order valence-corrected chi connectivity index (χ0v) is 12.1. The van der Waals surface area contributed by atoms with E-state index >= 15 is 0 Å². The van der Waals surface area contributed by atoms with E-state index in [1.807, 2.05) is 13.0 Å². The van der Waals surface area contributed by atoms with Crippen LogP contribution in [0.5, 0.6) is 0 Å². The molecule has 0 saturated carbocycles. The minimum absolute atomic E-state index is 0.135. The molecule has 0 aliphatic heterocycles. The van der Waals surface area contributed by atoms with Crippen molar-refractivity contribution < 1.29 is 4.79 Å². The smallest absolute Gasteiger partial charge is 0.251 e. The van der Waals surface area contributed by atoms with Crippen LogP contribution in [-0.4, -0.2) is 10.9 Å². The molecule has 0 unspecified atom stereocenters. The SMILES string of the molecule is Cc1ccncc1CNC(=O)c1ccc(N)c(Br)c1. The Hall–Kier alpha value is -1.88. The highest BCUT2D eigenvalue weighted by molar-refractivity contribution is 9.10. The minimum Gasteiger partial charge on any atom is -0.398 e. The van der Waals surface area contributed by atoms with Crippen LogP contribution in [-0.2, 0) is 6.54 Å². The highest BCUT2D eigenvalue weighted by Gasteiger charge is 2.07. The lowest BCUT2D eigenvalue weighted by Gasteiger charge is -2.08. The Morgan fingerprint density at radius 3 is 2.89 bits per heavy atom. The van der Waals surface area contributed by atoms with E-state index in [0.29, 0.717) is 17.8 Å². The second kappa shape index (κ2) is 5.84. The number of anilines is 1. The van der Waals surface area contributed by atoms with Crippen molar-refractivity contribution in [3.8, 4) is 0 Å². The predicted octanol–water partition coefficient (Wildman–Crippen LogP) is 2.66. The number of hydrogen-bond donors (Lipinski definition) is 2. The summed E-state index contributed by atoms with van der Waals surface area (Å²) in [6, 6.07) is 7.03. The van der Waals surface area contributed by atoms with E-state index in [4.69, 9.17) is 5.73 Å². The molecule has 19 heavy (non-hydrogen) atoms. The maximum absolute atomic E-state index is 12.0. The van der Waals surface area contributed by atoms with Gasteiger partial charge in [0.1, 0.15) is 0 Å². The van der Waals surface area contributed by atoms with Gasteiger partial charge in [-0.25, -0.2) is 0 Å². The number of nitrogens with two attached hydrogens (primary N) is 1. The summed E-state index contributed by atoms with van der Waals surface area (Å²) >= 11 is 3.31. The van der Waals surface area contributed by atoms with Gasteiger partial charge in [-0.3, -0.25) is 9.78 Å². The fraction of sp³-hybridized carbons (Fsp3) is 0.143. The summed E-state index contributed by atoms with van der Waals surface area (Å²) in [5, 5.41) is 2.86. The first kappa shape index (κ1) is 13.5. The molecule has 0 fully saturated rings. The highest BCUT2D eigenvalue weighted by atomic mass is 79.9. The molecule has 0 spiro atoms. The Balaban J connectivity index is 2.05. The maximum atomic E-state index is 12.0. The van der Waals surface area contributed by atoms with Crippen molar-refractivity contribution in [1.29, 1.82) is 0 Å². The molecule has 0 bridgehead atoms. The van der Waals surface area contributed by atoms with Crippen LogP contribution in [0.15, 0.2) is 41.1 Å². The van der Waals surface area contributed by atoms with Crippen molar-refractivity contribution in [2.45, 2.75) is 13.5 Å². The number of pyridine rings is 1. The molecular weight excluding hydrogens is 306 g/mol. The molecular formula is C14H14BrN3O. The average Bonchev–Trinajstić information content (AvgIpc) is 2.40. The first-order valence-corrected chi connectivity index (χ1v) is 6.60. The third kappa shape index (κ3) is 3.32. The molecule has 0 atom stereocenters. The van der Waals surface area contributed by atoms with Crippen LogP contribution in [0.1, 0.15) is 21.5 Å². The summed E-state index contributed by atoms with van der Waals surface area (Å²) in [7, 11) is 0. The number of nitrogen functional groups attached to an aromatic ring is 1. The Morgan fingerprint density at radius 1 is 1.42 bits per heavy atom. The average molecular weight is 320 g/mol. The van der Waals surface area contributed by atoms with Gasteiger partial charge in [-0.15, -0.1) is 0 Å². The molecule has 0 aliphatic carbocycles. The van der Waals surface area contributed by atoms with Gasteiger partial charge in [0.15, 0.2) is 0 Å². The van der Waals surface area contributed by atoms with Crippen molar-refractivity contribution >= 4 is 27.5 Å². The fourth-order valence-corrected chi connectivity index (χ4v) is 2.01. The van der Waals surface area contributed by atoms with Crippen molar-refractivity contribution in [1.82, 2.24) is 10.3 Å². The summed E-state index contributed by atoms with van der Waals surface area (Å²) in [4.78, 5) is 16.0. The quantitative estimate of drug-likeness (QED) is 0.855. The first-order valence-electron chi connectivity index (χ1n) is 5.80. The molecule has 0 radical (unpaired) electrons. The topological polar surface area (TPSA) is 68.0 Å². The van der Waals surface area contributed by atoms with E-state index in [-0.39, 0.29) is 5.91 Å². The normalized spacial score (nSPS) is 10.2. The van der Waals surface area contributed by atoms with Crippen LogP contribution in [0, 0.1) is 6.92 Å². The summed E-state index contributed by atoms with van der Waals surface area (Å²) in [5.41, 5.74) is 8.98. The number of hydrogen-bond acceptors (Lipinski definition) is 3. The number of rotatable bonds is 3. The highest BCUT2D eigenvalue weighted by Crippen LogP contribution is 2.20. The van der Waals surface area contributed by atoms with E-state index in [1.165, 1.54) is 0 Å². The number of halogens is 1. The van der Waals surface area contributed by atoms with Gasteiger partial charge in [0.2, 0.25) is 0 Å². The largest absolute Gasteiger partial charge is 0.398 e. The van der Waals surface area contributed by atoms with Crippen molar-refractivity contribution in [3.63, 3.8) is 0 Å². The molecule has 5 heteroatoms. The monoisotopic (exact) mass is 319 g/mol. The van der Waals surface area contributed by atoms with Crippen LogP contribution in [0.3, 0.4) is 0 Å². The third-order valence-electron chi connectivity index (χ3n) is 2.85. The van der Waals surface area contributed by atoms with Crippen LogP contribution in [0.4, 0.5) is 5.69 Å². The van der Waals surface area contributed by atoms with Gasteiger partial charge in [0, 0.05) is 34.7 Å². The molecule has 0 aliphatic rings. The lowest BCUT2D eigenvalue weighted by atomic mass is 10.1. The molecule has 1 heterocycles. The third-order valence-corrected chi connectivity index (χ3v) is 3.54. The summed E-state index contributed by atoms with van der Waals surface area (Å²) in [5.74, 6) is -0.135. The molecule has 2 aromatic rings. The van der Waals surface area contributed by atoms with Gasteiger partial charge < -0.3 is 11.1 Å². The number of carbonyl (C=O) groups excluding carboxylic acids is 1. The van der Waals surface area contributed by atoms with E-state index in [2.05, 4.69) is 26.2 Å². The Kier molecular flexibility index (Phi) is 4.16. The molecule has 1 aromatic heterocycles. The van der Waals surface area contributed by atoms with Gasteiger partial charge >= 0.3 is 0 Å². The molecule has 98 valence electrons. The van der Waals surface area contributed by atoms with Gasteiger partial charge in [-0.05, 0) is 58.2 Å². The summed E-state index contributed by atoms with van der Waals surface area (Å²) in [6.45, 7) is 2.45. The minimum atomic E-state index is -0.135. The van der Waals surface area contributed by atoms with E-state index < -0.39 is 0 Å². The van der Waals surface area contributed by atoms with E-state index in [9.17, 15) is 4.79 Å². The van der Waals surface area contributed by atoms with Gasteiger partial charge in [0.05, 0.1) is 0 Å². The number of benzene rings is 1. The van der Waals surface area contributed by atoms with Gasteiger partial charge in [0.25, 0.3) is 5.91 Å². The number of aryl methyl sites for hydroxylation is 1. The standard InChI is InChI=1S/C14H14BrN3O/c1-9-4-5-17-7-11(9)8-18-14(19)10-2-3-13(16)12(15)6-10/h2-7H,8,16H2,1H3,(H,18,19). The number of nitrogens with one attached hydrogen (secondary N) is 1. The van der Waals surface area contributed by atoms with Crippen molar-refractivity contribution in [2.75, 3.05) is 5.73 Å². The predicted molar refractivity (Wildman–Crippen MR) is 78.7 cm³/mol. The van der Waals surface area contributed by atoms with E-state index in [1.54, 1.807) is 30.6 Å². The van der Waals surface area contributed by atoms with Crippen LogP contribution in [0.25, 0.3) is 0 Å². The number of aromatic nitrogens is 1. The zero-order chi connectivity index (χ0) is 13.8. The molecule has 1 amide bonds. The maximum Gasteiger partial charge on any atom is 0.251 e. The Bertz CT molecular complexity index is 613. The molecule has 3 N–H and O–H groups in total. The van der Waals surface area contributed by atoms with Gasteiger partial charge in [-0.2, -0.15) is 0 Å². The van der Waals surface area contributed by atoms with Crippen molar-refractivity contribution in [3.05, 3.63) is 57.8 Å². The second-order valence-corrected chi connectivity index (χ2v) is 5.08. The molecule has 2 rings (SSSR count). The molecule has 0 saturated heterocycles. The molecule has 4 nitrogen and oxygen atoms in total. The van der Waals surface area contributed by atoms with Crippen LogP contribution >= 0.6 is 15.9 Å². The van der Waals surface area contributed by atoms with Gasteiger partial charge in [-0.1, -0.05) is 0 Å². The number of nitrogens with zero attached hydrogens (tertiary/aromatic N) is 1. The summed E-state index contributed by atoms with van der Waals surface area (Å²) < 4.78 is 0.720. The lowest BCUT2D eigenvalue weighted by Crippen LogP contribution is -2.23. The number of amides is 1. The second-order valence-electron chi connectivity index (χ2n) is 4.22. The lowest BCUT2D eigenvalue weighted by molar-refractivity contribution is 0.0951. The van der Waals surface area contributed by atoms with Crippen LogP contribution < -0.4 is 11.1 Å². The zero-order valence-electron chi connectivity index (χ0n) is 10.5. The fourth-order valence-electron chi connectivity index (χ4n) is 1.63. The first-order chi connectivity index (χ1) is 9.08. The Labute approximate surface area is 120 Å². The van der Waals surface area contributed by atoms with E-state index in [0.717, 1.165) is 15.6 Å². The summed E-state index contributed by atoms with van der Waals surface area (Å²) in [6.07, 6.45) is 3.49. The molecule has 1 aromatic carbocycles. The Morgan fingerprint density at radius 2 is 2.21 bits per heavy atom. The van der Waals surface area contributed by atoms with Crippen LogP contribution in [0.2, 0.25) is 0 Å².